The van der Waals surface area contributed by atoms with Crippen molar-refractivity contribution in [2.45, 2.75) is 26.9 Å². The predicted octanol–water partition coefficient (Wildman–Crippen LogP) is 2.82. The van der Waals surface area contributed by atoms with Crippen LogP contribution in [0.1, 0.15) is 56.8 Å². The van der Waals surface area contributed by atoms with E-state index in [2.05, 4.69) is 11.5 Å². The minimum atomic E-state index is -0.125. The number of hydrazine groups is 1. The van der Waals surface area contributed by atoms with Crippen LogP contribution in [0.4, 0.5) is 0 Å². The van der Waals surface area contributed by atoms with Crippen molar-refractivity contribution in [1.29, 1.82) is 10.5 Å². The normalized spacial score (nSPS) is 13.3. The number of amides is 2. The lowest BCUT2D eigenvalue weighted by molar-refractivity contribution is 0.0706. The molecular weight excluding hydrogens is 366 g/mol. The second-order valence-corrected chi connectivity index (χ2v) is 6.17. The number of nitrogens with zero attached hydrogens (tertiary/aromatic N) is 4. The lowest BCUT2D eigenvalue weighted by Crippen LogP contribution is -2.35. The average molecular weight is 389 g/mol. The van der Waals surface area contributed by atoms with Crippen LogP contribution in [0.5, 0.6) is 0 Å². The minimum Gasteiger partial charge on any atom is -0.337 e. The van der Waals surface area contributed by atoms with E-state index in [0.717, 1.165) is 11.1 Å². The molecule has 7 heteroatoms. The fraction of sp³-hybridized carbons (Fsp3) is 0.273. The topological polar surface area (TPSA) is 100 Å². The molecule has 2 heterocycles. The molecule has 0 bridgehead atoms. The van der Waals surface area contributed by atoms with Crippen molar-refractivity contribution in [2.75, 3.05) is 14.1 Å². The van der Waals surface area contributed by atoms with E-state index in [1.807, 2.05) is 26.0 Å². The molecule has 0 atom stereocenters. The highest BCUT2D eigenvalue weighted by Gasteiger charge is 2.29. The van der Waals surface area contributed by atoms with Gasteiger partial charge in [0.25, 0.3) is 11.8 Å². The summed E-state index contributed by atoms with van der Waals surface area (Å²) in [6.07, 6.45) is 0. The van der Waals surface area contributed by atoms with Gasteiger partial charge < -0.3 is 4.90 Å². The number of benzene rings is 2. The van der Waals surface area contributed by atoms with Crippen LogP contribution < -0.4 is 5.43 Å². The SMILES string of the molecule is CC.CN1Cc2c(C#N)cccc2C1=O.CNN1Cc2cccc(C#N)c2C1=O. The third-order valence-corrected chi connectivity index (χ3v) is 4.60. The van der Waals surface area contributed by atoms with Gasteiger partial charge in [-0.25, -0.2) is 5.43 Å². The molecule has 0 saturated carbocycles. The Morgan fingerprint density at radius 3 is 2.17 bits per heavy atom. The second-order valence-electron chi connectivity index (χ2n) is 6.17. The standard InChI is InChI=1S/C10H9N3O.C10H8N2O.C2H6/c1-12-13-6-8-4-2-3-7(5-11)9(8)10(13)14;1-12-6-9-7(5-11)3-2-4-8(9)10(12)13;1-2/h2-4,12H,6H2,1H3;2-4H,6H2,1H3;1-2H3. The number of rotatable bonds is 1. The summed E-state index contributed by atoms with van der Waals surface area (Å²) in [5.74, 6) is -0.119. The van der Waals surface area contributed by atoms with Gasteiger partial charge in [0.15, 0.2) is 0 Å². The third kappa shape index (κ3) is 4.11. The maximum Gasteiger partial charge on any atom is 0.269 e. The largest absolute Gasteiger partial charge is 0.337 e. The van der Waals surface area contributed by atoms with Crippen LogP contribution in [0.2, 0.25) is 0 Å². The van der Waals surface area contributed by atoms with E-state index in [1.54, 1.807) is 49.3 Å². The Kier molecular flexibility index (Phi) is 7.08. The van der Waals surface area contributed by atoms with E-state index in [4.69, 9.17) is 10.5 Å². The van der Waals surface area contributed by atoms with Crippen molar-refractivity contribution in [3.63, 3.8) is 0 Å². The Bertz CT molecular complexity index is 1020. The predicted molar refractivity (Wildman–Crippen MR) is 108 cm³/mol. The summed E-state index contributed by atoms with van der Waals surface area (Å²) in [4.78, 5) is 24.8. The first-order chi connectivity index (χ1) is 14.0. The van der Waals surface area contributed by atoms with Gasteiger partial charge in [0.1, 0.15) is 0 Å². The maximum atomic E-state index is 11.7. The summed E-state index contributed by atoms with van der Waals surface area (Å²) in [5, 5.41) is 19.1. The highest BCUT2D eigenvalue weighted by molar-refractivity contribution is 6.00. The average Bonchev–Trinajstić information content (AvgIpc) is 3.26. The Morgan fingerprint density at radius 2 is 1.55 bits per heavy atom. The monoisotopic (exact) mass is 389 g/mol. The van der Waals surface area contributed by atoms with Gasteiger partial charge in [0, 0.05) is 31.8 Å². The zero-order valence-corrected chi connectivity index (χ0v) is 17.0. The molecule has 7 nitrogen and oxygen atoms in total. The quantitative estimate of drug-likeness (QED) is 0.808. The number of hydrogen-bond acceptors (Lipinski definition) is 5. The highest BCUT2D eigenvalue weighted by atomic mass is 16.2. The van der Waals surface area contributed by atoms with Gasteiger partial charge in [0.2, 0.25) is 0 Å². The van der Waals surface area contributed by atoms with E-state index >= 15 is 0 Å². The Morgan fingerprint density at radius 1 is 0.931 bits per heavy atom. The number of carbonyl (C=O) groups excluding carboxylic acids is 2. The third-order valence-electron chi connectivity index (χ3n) is 4.60. The molecule has 0 aliphatic carbocycles. The molecule has 0 fully saturated rings. The van der Waals surface area contributed by atoms with Crippen molar-refractivity contribution in [1.82, 2.24) is 15.3 Å². The van der Waals surface area contributed by atoms with E-state index < -0.39 is 0 Å². The lowest BCUT2D eigenvalue weighted by atomic mass is 10.0. The molecule has 1 N–H and O–H groups in total. The molecular formula is C22H23N5O2. The fourth-order valence-electron chi connectivity index (χ4n) is 3.21. The minimum absolute atomic E-state index is 0.00657. The lowest BCUT2D eigenvalue weighted by Gasteiger charge is -2.12. The molecule has 0 spiro atoms. The van der Waals surface area contributed by atoms with Crippen LogP contribution in [-0.4, -0.2) is 35.8 Å². The van der Waals surface area contributed by atoms with Crippen LogP contribution in [0.25, 0.3) is 0 Å². The molecule has 0 unspecified atom stereocenters. The fourth-order valence-corrected chi connectivity index (χ4v) is 3.21. The van der Waals surface area contributed by atoms with E-state index in [0.29, 0.717) is 35.3 Å². The van der Waals surface area contributed by atoms with Crippen LogP contribution in [-0.2, 0) is 13.1 Å². The molecule has 2 aliphatic rings. The Labute approximate surface area is 170 Å². The first kappa shape index (κ1) is 21.6. The van der Waals surface area contributed by atoms with Gasteiger partial charge in [-0.05, 0) is 23.8 Å². The van der Waals surface area contributed by atoms with Gasteiger partial charge in [-0.3, -0.25) is 14.6 Å². The Balaban J connectivity index is 0.000000191. The molecule has 4 rings (SSSR count). The van der Waals surface area contributed by atoms with Gasteiger partial charge in [-0.2, -0.15) is 10.5 Å². The summed E-state index contributed by atoms with van der Waals surface area (Å²) in [5.41, 5.74) is 6.81. The molecule has 29 heavy (non-hydrogen) atoms. The van der Waals surface area contributed by atoms with Crippen molar-refractivity contribution in [3.05, 3.63) is 69.8 Å². The molecule has 2 aromatic rings. The van der Waals surface area contributed by atoms with E-state index in [1.165, 1.54) is 5.01 Å². The highest BCUT2D eigenvalue weighted by Crippen LogP contribution is 2.24. The summed E-state index contributed by atoms with van der Waals surface area (Å²) in [6, 6.07) is 14.7. The first-order valence-electron chi connectivity index (χ1n) is 9.30. The molecule has 0 radical (unpaired) electrons. The molecule has 2 aliphatic heterocycles. The van der Waals surface area contributed by atoms with E-state index in [-0.39, 0.29) is 11.8 Å². The molecule has 0 aromatic heterocycles. The molecule has 0 saturated heterocycles. The number of hydrogen-bond donors (Lipinski definition) is 1. The van der Waals surface area contributed by atoms with Crippen molar-refractivity contribution in [2.24, 2.45) is 0 Å². The molecule has 148 valence electrons. The second kappa shape index (κ2) is 9.50. The van der Waals surface area contributed by atoms with Crippen molar-refractivity contribution >= 4 is 11.8 Å². The number of carbonyl (C=O) groups is 2. The summed E-state index contributed by atoms with van der Waals surface area (Å²) in [7, 11) is 3.43. The molecule has 2 aromatic carbocycles. The van der Waals surface area contributed by atoms with Gasteiger partial charge in [-0.15, -0.1) is 0 Å². The van der Waals surface area contributed by atoms with Crippen LogP contribution in [0, 0.1) is 22.7 Å². The van der Waals surface area contributed by atoms with Gasteiger partial charge in [0.05, 0.1) is 35.4 Å². The van der Waals surface area contributed by atoms with Crippen LogP contribution in [0.15, 0.2) is 36.4 Å². The molecule has 2 amide bonds. The van der Waals surface area contributed by atoms with Crippen LogP contribution >= 0.6 is 0 Å². The first-order valence-corrected chi connectivity index (χ1v) is 9.30. The summed E-state index contributed by atoms with van der Waals surface area (Å²) >= 11 is 0. The Hall–Kier alpha value is -3.68. The van der Waals surface area contributed by atoms with Crippen molar-refractivity contribution < 1.29 is 9.59 Å². The van der Waals surface area contributed by atoms with Gasteiger partial charge in [-0.1, -0.05) is 32.0 Å². The summed E-state index contributed by atoms with van der Waals surface area (Å²) in [6.45, 7) is 5.08. The smallest absolute Gasteiger partial charge is 0.269 e. The summed E-state index contributed by atoms with van der Waals surface area (Å²) < 4.78 is 0. The van der Waals surface area contributed by atoms with Crippen LogP contribution in [0.3, 0.4) is 0 Å². The van der Waals surface area contributed by atoms with E-state index in [9.17, 15) is 9.59 Å². The zero-order chi connectivity index (χ0) is 21.6. The zero-order valence-electron chi connectivity index (χ0n) is 17.0. The number of nitrogens with one attached hydrogen (secondary N) is 1. The maximum absolute atomic E-state index is 11.7. The number of nitriles is 2. The van der Waals surface area contributed by atoms with Crippen molar-refractivity contribution in [3.8, 4) is 12.1 Å². The number of fused-ring (bicyclic) bond motifs is 2. The van der Waals surface area contributed by atoms with Gasteiger partial charge >= 0.3 is 0 Å².